The molecule has 0 spiro atoms. The van der Waals surface area contributed by atoms with Gasteiger partial charge in [-0.25, -0.2) is 8.42 Å². The molecule has 0 atom stereocenters. The maximum atomic E-state index is 12.2. The number of anilines is 1. The molecule has 6 heteroatoms. The predicted molar refractivity (Wildman–Crippen MR) is 81.6 cm³/mol. The number of aliphatic hydroxyl groups is 1. The van der Waals surface area contributed by atoms with Crippen LogP contribution in [0.25, 0.3) is 0 Å². The molecule has 2 rings (SSSR count). The Morgan fingerprint density at radius 3 is 2.52 bits per heavy atom. The van der Waals surface area contributed by atoms with Crippen LogP contribution in [0.5, 0.6) is 5.75 Å². The zero-order chi connectivity index (χ0) is 15.3. The minimum Gasteiger partial charge on any atom is -0.495 e. The number of aliphatic hydroxyl groups excluding tert-OH is 1. The largest absolute Gasteiger partial charge is 0.495 e. The average molecular weight is 307 g/mol. The van der Waals surface area contributed by atoms with Crippen molar-refractivity contribution < 1.29 is 18.3 Å². The van der Waals surface area contributed by atoms with Crippen molar-refractivity contribution in [1.82, 2.24) is 0 Å². The van der Waals surface area contributed by atoms with Crippen LogP contribution in [0.15, 0.2) is 48.5 Å². The summed E-state index contributed by atoms with van der Waals surface area (Å²) >= 11 is 0. The van der Waals surface area contributed by atoms with Gasteiger partial charge in [-0.05, 0) is 23.3 Å². The van der Waals surface area contributed by atoms with Gasteiger partial charge in [-0.15, -0.1) is 0 Å². The zero-order valence-corrected chi connectivity index (χ0v) is 12.4. The maximum absolute atomic E-state index is 12.2. The van der Waals surface area contributed by atoms with E-state index in [1.54, 1.807) is 48.5 Å². The molecule has 2 aromatic carbocycles. The van der Waals surface area contributed by atoms with Crippen LogP contribution in [0, 0.1) is 0 Å². The third kappa shape index (κ3) is 4.21. The fraction of sp³-hybridized carbons (Fsp3) is 0.200. The van der Waals surface area contributed by atoms with E-state index in [0.29, 0.717) is 22.6 Å². The van der Waals surface area contributed by atoms with Crippen LogP contribution in [0.1, 0.15) is 11.1 Å². The first-order valence-corrected chi connectivity index (χ1v) is 8.01. The van der Waals surface area contributed by atoms with Crippen LogP contribution in [-0.2, 0) is 22.4 Å². The van der Waals surface area contributed by atoms with Gasteiger partial charge in [-0.1, -0.05) is 36.4 Å². The number of rotatable bonds is 6. The van der Waals surface area contributed by atoms with Crippen LogP contribution in [-0.4, -0.2) is 20.6 Å². The Labute approximate surface area is 124 Å². The summed E-state index contributed by atoms with van der Waals surface area (Å²) in [6, 6.07) is 13.7. The third-order valence-corrected chi connectivity index (χ3v) is 4.15. The van der Waals surface area contributed by atoms with Crippen molar-refractivity contribution in [2.45, 2.75) is 12.4 Å². The fourth-order valence-corrected chi connectivity index (χ4v) is 3.16. The highest BCUT2D eigenvalue weighted by Gasteiger charge is 2.14. The molecule has 0 aromatic heterocycles. The molecule has 0 aliphatic heterocycles. The van der Waals surface area contributed by atoms with Gasteiger partial charge in [0.1, 0.15) is 5.75 Å². The first kappa shape index (κ1) is 15.3. The van der Waals surface area contributed by atoms with E-state index in [0.717, 1.165) is 0 Å². The normalized spacial score (nSPS) is 11.1. The summed E-state index contributed by atoms with van der Waals surface area (Å²) in [5.74, 6) is 0.295. The van der Waals surface area contributed by atoms with E-state index in [4.69, 9.17) is 9.84 Å². The van der Waals surface area contributed by atoms with Crippen molar-refractivity contribution in [2.75, 3.05) is 11.8 Å². The lowest BCUT2D eigenvalue weighted by Crippen LogP contribution is -2.15. The summed E-state index contributed by atoms with van der Waals surface area (Å²) in [5, 5.41) is 9.08. The number of hydrogen-bond acceptors (Lipinski definition) is 4. The van der Waals surface area contributed by atoms with Crippen LogP contribution < -0.4 is 9.46 Å². The second-order valence-corrected chi connectivity index (χ2v) is 6.26. The van der Waals surface area contributed by atoms with E-state index in [1.165, 1.54) is 7.11 Å². The van der Waals surface area contributed by atoms with Crippen molar-refractivity contribution in [3.63, 3.8) is 0 Å². The molecule has 0 bridgehead atoms. The van der Waals surface area contributed by atoms with E-state index in [9.17, 15) is 8.42 Å². The van der Waals surface area contributed by atoms with Crippen LogP contribution in [0.3, 0.4) is 0 Å². The third-order valence-electron chi connectivity index (χ3n) is 2.90. The number of para-hydroxylation sites is 2. The Morgan fingerprint density at radius 2 is 1.81 bits per heavy atom. The zero-order valence-electron chi connectivity index (χ0n) is 11.6. The second-order valence-electron chi connectivity index (χ2n) is 4.54. The van der Waals surface area contributed by atoms with Gasteiger partial charge in [-0.3, -0.25) is 4.72 Å². The summed E-state index contributed by atoms with van der Waals surface area (Å²) in [7, 11) is -2.07. The number of ether oxygens (including phenoxy) is 1. The molecule has 2 aromatic rings. The van der Waals surface area contributed by atoms with E-state index < -0.39 is 10.0 Å². The molecule has 2 N–H and O–H groups in total. The summed E-state index contributed by atoms with van der Waals surface area (Å²) in [6.45, 7) is -0.117. The number of nitrogens with one attached hydrogen (secondary N) is 1. The molecule has 5 nitrogen and oxygen atoms in total. The van der Waals surface area contributed by atoms with Crippen LogP contribution in [0.2, 0.25) is 0 Å². The predicted octanol–water partition coefficient (Wildman–Crippen LogP) is 2.13. The Kier molecular flexibility index (Phi) is 4.82. The lowest BCUT2D eigenvalue weighted by Gasteiger charge is -2.12. The highest BCUT2D eigenvalue weighted by molar-refractivity contribution is 7.91. The van der Waals surface area contributed by atoms with Gasteiger partial charge in [0.2, 0.25) is 10.0 Å². The van der Waals surface area contributed by atoms with Gasteiger partial charge in [0.05, 0.1) is 25.2 Å². The molecule has 112 valence electrons. The summed E-state index contributed by atoms with van der Waals surface area (Å²) in [6.07, 6.45) is 0. The Hall–Kier alpha value is -2.05. The van der Waals surface area contributed by atoms with E-state index in [2.05, 4.69) is 4.72 Å². The van der Waals surface area contributed by atoms with Gasteiger partial charge < -0.3 is 9.84 Å². The number of sulfonamides is 1. The molecule has 0 amide bonds. The molecule has 0 saturated heterocycles. The second kappa shape index (κ2) is 6.60. The summed E-state index contributed by atoms with van der Waals surface area (Å²) in [5.41, 5.74) is 1.70. The van der Waals surface area contributed by atoms with Crippen molar-refractivity contribution in [1.29, 1.82) is 0 Å². The molecule has 21 heavy (non-hydrogen) atoms. The minimum absolute atomic E-state index is 0.117. The molecule has 0 unspecified atom stereocenters. The first-order valence-electron chi connectivity index (χ1n) is 6.36. The molecule has 0 saturated carbocycles. The smallest absolute Gasteiger partial charge is 0.237 e. The van der Waals surface area contributed by atoms with E-state index in [-0.39, 0.29) is 12.4 Å². The Morgan fingerprint density at radius 1 is 1.10 bits per heavy atom. The van der Waals surface area contributed by atoms with E-state index >= 15 is 0 Å². The molecule has 0 aliphatic rings. The van der Waals surface area contributed by atoms with Crippen LogP contribution >= 0.6 is 0 Å². The van der Waals surface area contributed by atoms with Gasteiger partial charge in [0.15, 0.2) is 0 Å². The number of methoxy groups -OCH3 is 1. The fourth-order valence-electron chi connectivity index (χ4n) is 1.97. The Balaban J connectivity index is 2.18. The Bertz CT molecular complexity index is 713. The van der Waals surface area contributed by atoms with Gasteiger partial charge in [0.25, 0.3) is 0 Å². The van der Waals surface area contributed by atoms with E-state index in [1.807, 2.05) is 0 Å². The van der Waals surface area contributed by atoms with Crippen molar-refractivity contribution in [3.05, 3.63) is 59.7 Å². The standard InChI is InChI=1S/C15H17NO4S/c1-20-15-8-3-2-7-14(15)16-21(18,19)11-13-6-4-5-12(9-13)10-17/h2-9,16-17H,10-11H2,1H3. The molecule has 0 heterocycles. The van der Waals surface area contributed by atoms with Gasteiger partial charge >= 0.3 is 0 Å². The summed E-state index contributed by atoms with van der Waals surface area (Å²) < 4.78 is 32.0. The number of benzene rings is 2. The van der Waals surface area contributed by atoms with Gasteiger partial charge in [-0.2, -0.15) is 0 Å². The lowest BCUT2D eigenvalue weighted by atomic mass is 10.1. The van der Waals surface area contributed by atoms with Crippen molar-refractivity contribution >= 4 is 15.7 Å². The number of hydrogen-bond donors (Lipinski definition) is 2. The molecule has 0 radical (unpaired) electrons. The maximum Gasteiger partial charge on any atom is 0.237 e. The topological polar surface area (TPSA) is 75.6 Å². The molecule has 0 fully saturated rings. The molecule has 0 aliphatic carbocycles. The van der Waals surface area contributed by atoms with Crippen LogP contribution in [0.4, 0.5) is 5.69 Å². The average Bonchev–Trinajstić information content (AvgIpc) is 2.47. The highest BCUT2D eigenvalue weighted by Crippen LogP contribution is 2.25. The minimum atomic E-state index is -3.56. The highest BCUT2D eigenvalue weighted by atomic mass is 32.2. The van der Waals surface area contributed by atoms with Gasteiger partial charge in [0, 0.05) is 0 Å². The SMILES string of the molecule is COc1ccccc1NS(=O)(=O)Cc1cccc(CO)c1. The van der Waals surface area contributed by atoms with Crippen molar-refractivity contribution in [3.8, 4) is 5.75 Å². The quantitative estimate of drug-likeness (QED) is 0.857. The lowest BCUT2D eigenvalue weighted by molar-refractivity contribution is 0.282. The first-order chi connectivity index (χ1) is 10.0. The summed E-state index contributed by atoms with van der Waals surface area (Å²) in [4.78, 5) is 0. The molecular formula is C15H17NO4S. The molecular weight excluding hydrogens is 290 g/mol. The monoisotopic (exact) mass is 307 g/mol. The van der Waals surface area contributed by atoms with Crippen molar-refractivity contribution in [2.24, 2.45) is 0 Å².